The van der Waals surface area contributed by atoms with Gasteiger partial charge in [0.2, 0.25) is 11.6 Å². The summed E-state index contributed by atoms with van der Waals surface area (Å²) in [5.41, 5.74) is 1.38. The Morgan fingerprint density at radius 2 is 1.83 bits per heavy atom. The molecule has 2 heterocycles. The van der Waals surface area contributed by atoms with Crippen molar-refractivity contribution in [3.8, 4) is 0 Å². The van der Waals surface area contributed by atoms with Gasteiger partial charge in [0.1, 0.15) is 5.82 Å². The van der Waals surface area contributed by atoms with Gasteiger partial charge in [-0.1, -0.05) is 0 Å². The molecular formula is C16H13F2N5O. The second-order valence-corrected chi connectivity index (χ2v) is 5.24. The number of nitrogens with zero attached hydrogens (tertiary/aromatic N) is 3. The van der Waals surface area contributed by atoms with Gasteiger partial charge in [0.15, 0.2) is 17.5 Å². The van der Waals surface area contributed by atoms with Crippen molar-refractivity contribution < 1.29 is 13.6 Å². The Hall–Kier alpha value is -3.16. The van der Waals surface area contributed by atoms with Gasteiger partial charge in [0.25, 0.3) is 0 Å². The Labute approximate surface area is 136 Å². The molecule has 0 aliphatic rings. The van der Waals surface area contributed by atoms with Crippen LogP contribution < -0.4 is 5.32 Å². The van der Waals surface area contributed by atoms with Crippen molar-refractivity contribution in [1.29, 1.82) is 0 Å². The number of halogens is 2. The molecule has 1 aromatic carbocycles. The van der Waals surface area contributed by atoms with E-state index >= 15 is 0 Å². The van der Waals surface area contributed by atoms with Gasteiger partial charge < -0.3 is 5.32 Å². The van der Waals surface area contributed by atoms with Crippen molar-refractivity contribution in [2.24, 2.45) is 0 Å². The number of carbonyl (C=O) groups is 1. The van der Waals surface area contributed by atoms with Crippen molar-refractivity contribution in [3.05, 3.63) is 64.7 Å². The molecule has 6 nitrogen and oxygen atoms in total. The van der Waals surface area contributed by atoms with E-state index in [1.807, 2.05) is 6.92 Å². The number of anilines is 2. The molecule has 0 radical (unpaired) electrons. The van der Waals surface area contributed by atoms with Crippen LogP contribution in [0.15, 0.2) is 30.3 Å². The average molecular weight is 329 g/mol. The van der Waals surface area contributed by atoms with Gasteiger partial charge in [-0.2, -0.15) is 5.10 Å². The Balaban J connectivity index is 1.92. The maximum Gasteiger partial charge on any atom is 0.230 e. The summed E-state index contributed by atoms with van der Waals surface area (Å²) in [6, 6.07) is 6.33. The lowest BCUT2D eigenvalue weighted by atomic mass is 10.1. The molecule has 0 saturated heterocycles. The van der Waals surface area contributed by atoms with E-state index in [4.69, 9.17) is 0 Å². The van der Waals surface area contributed by atoms with E-state index in [9.17, 15) is 13.6 Å². The second-order valence-electron chi connectivity index (χ2n) is 5.24. The molecule has 2 N–H and O–H groups in total. The first kappa shape index (κ1) is 15.7. The van der Waals surface area contributed by atoms with E-state index in [0.29, 0.717) is 17.3 Å². The quantitative estimate of drug-likeness (QED) is 0.719. The minimum absolute atomic E-state index is 0.0268. The van der Waals surface area contributed by atoms with Gasteiger partial charge in [-0.05, 0) is 32.0 Å². The van der Waals surface area contributed by atoms with Gasteiger partial charge in [-0.15, -0.1) is 0 Å². The molecule has 0 unspecified atom stereocenters. The fraction of sp³-hybridized carbons (Fsp3) is 0.125. The molecular weight excluding hydrogens is 316 g/mol. The number of nitrogens with one attached hydrogen (secondary N) is 2. The first-order valence-corrected chi connectivity index (χ1v) is 7.07. The molecule has 0 atom stereocenters. The zero-order valence-electron chi connectivity index (χ0n) is 12.9. The molecule has 0 aliphatic carbocycles. The smallest absolute Gasteiger partial charge is 0.230 e. The number of ketones is 1. The molecule has 2 aromatic heterocycles. The molecule has 0 amide bonds. The standard InChI is InChI=1S/C16H13F2N5O/c1-8-5-13(20-14-6-9(2)22-23-14)21-16(19-8)15(24)10-3-4-11(17)12(18)7-10/h3-7H,1-2H3,(H2,19,20,21,22,23). The fourth-order valence-electron chi connectivity index (χ4n) is 2.11. The normalized spacial score (nSPS) is 10.7. The first-order chi connectivity index (χ1) is 11.4. The van der Waals surface area contributed by atoms with E-state index in [0.717, 1.165) is 17.8 Å². The maximum absolute atomic E-state index is 13.3. The summed E-state index contributed by atoms with van der Waals surface area (Å²) in [5.74, 6) is -1.92. The largest absolute Gasteiger partial charge is 0.323 e. The predicted molar refractivity (Wildman–Crippen MR) is 83.2 cm³/mol. The number of aryl methyl sites for hydroxylation is 2. The van der Waals surface area contributed by atoms with Gasteiger partial charge in [0, 0.05) is 29.1 Å². The summed E-state index contributed by atoms with van der Waals surface area (Å²) in [6.45, 7) is 3.55. The van der Waals surface area contributed by atoms with Crippen LogP contribution in [-0.2, 0) is 0 Å². The van der Waals surface area contributed by atoms with Crippen LogP contribution in [0.25, 0.3) is 0 Å². The number of rotatable bonds is 4. The van der Waals surface area contributed by atoms with Crippen LogP contribution in [0.3, 0.4) is 0 Å². The van der Waals surface area contributed by atoms with Gasteiger partial charge in [0.05, 0.1) is 0 Å². The van der Waals surface area contributed by atoms with Crippen LogP contribution in [0.1, 0.15) is 27.6 Å². The number of benzene rings is 1. The lowest BCUT2D eigenvalue weighted by Gasteiger charge is -2.06. The maximum atomic E-state index is 13.3. The fourth-order valence-corrected chi connectivity index (χ4v) is 2.11. The topological polar surface area (TPSA) is 83.6 Å². The Morgan fingerprint density at radius 3 is 2.50 bits per heavy atom. The molecule has 0 saturated carbocycles. The summed E-state index contributed by atoms with van der Waals surface area (Å²) in [7, 11) is 0. The minimum Gasteiger partial charge on any atom is -0.323 e. The van der Waals surface area contributed by atoms with Crippen LogP contribution in [0, 0.1) is 25.5 Å². The molecule has 3 aromatic rings. The van der Waals surface area contributed by atoms with Gasteiger partial charge >= 0.3 is 0 Å². The number of hydrogen-bond acceptors (Lipinski definition) is 5. The van der Waals surface area contributed by atoms with Crippen molar-refractivity contribution >= 4 is 17.4 Å². The lowest BCUT2D eigenvalue weighted by Crippen LogP contribution is -2.10. The first-order valence-electron chi connectivity index (χ1n) is 7.07. The Bertz CT molecular complexity index is 923. The molecule has 3 rings (SSSR count). The molecule has 0 spiro atoms. The second kappa shape index (κ2) is 6.15. The number of carbonyl (C=O) groups excluding carboxylic acids is 1. The predicted octanol–water partition coefficient (Wildman–Crippen LogP) is 3.07. The van der Waals surface area contributed by atoms with Crippen LogP contribution in [-0.4, -0.2) is 25.9 Å². The highest BCUT2D eigenvalue weighted by atomic mass is 19.2. The summed E-state index contributed by atoms with van der Waals surface area (Å²) < 4.78 is 26.3. The van der Waals surface area contributed by atoms with E-state index in [1.54, 1.807) is 19.1 Å². The van der Waals surface area contributed by atoms with Crippen molar-refractivity contribution in [3.63, 3.8) is 0 Å². The number of aromatic nitrogens is 4. The van der Waals surface area contributed by atoms with Crippen LogP contribution >= 0.6 is 0 Å². The summed E-state index contributed by atoms with van der Waals surface area (Å²) >= 11 is 0. The molecule has 0 bridgehead atoms. The Kier molecular flexibility index (Phi) is 4.03. The highest BCUT2D eigenvalue weighted by Crippen LogP contribution is 2.16. The van der Waals surface area contributed by atoms with E-state index in [-0.39, 0.29) is 11.4 Å². The number of H-pyrrole nitrogens is 1. The van der Waals surface area contributed by atoms with E-state index in [2.05, 4.69) is 25.5 Å². The number of aromatic amines is 1. The molecule has 24 heavy (non-hydrogen) atoms. The third-order valence-electron chi connectivity index (χ3n) is 3.20. The van der Waals surface area contributed by atoms with Gasteiger partial charge in [-0.3, -0.25) is 9.89 Å². The van der Waals surface area contributed by atoms with Crippen molar-refractivity contribution in [2.75, 3.05) is 5.32 Å². The van der Waals surface area contributed by atoms with Gasteiger partial charge in [-0.25, -0.2) is 18.7 Å². The third-order valence-corrected chi connectivity index (χ3v) is 3.20. The summed E-state index contributed by atoms with van der Waals surface area (Å²) in [6.07, 6.45) is 0. The molecule has 122 valence electrons. The van der Waals surface area contributed by atoms with Crippen LogP contribution in [0.5, 0.6) is 0 Å². The lowest BCUT2D eigenvalue weighted by molar-refractivity contribution is 0.102. The summed E-state index contributed by atoms with van der Waals surface area (Å²) in [4.78, 5) is 20.6. The average Bonchev–Trinajstić information content (AvgIpc) is 2.93. The zero-order valence-corrected chi connectivity index (χ0v) is 12.9. The molecule has 8 heteroatoms. The zero-order chi connectivity index (χ0) is 17.3. The van der Waals surface area contributed by atoms with E-state index < -0.39 is 17.4 Å². The molecule has 0 aliphatic heterocycles. The molecule has 0 fully saturated rings. The SMILES string of the molecule is Cc1cc(Nc2cc(C)[nH]n2)nc(C(=O)c2ccc(F)c(F)c2)n1. The Morgan fingerprint density at radius 1 is 1.04 bits per heavy atom. The van der Waals surface area contributed by atoms with Crippen molar-refractivity contribution in [1.82, 2.24) is 20.2 Å². The number of hydrogen-bond donors (Lipinski definition) is 2. The minimum atomic E-state index is -1.10. The van der Waals surface area contributed by atoms with Crippen LogP contribution in [0.4, 0.5) is 20.4 Å². The summed E-state index contributed by atoms with van der Waals surface area (Å²) in [5, 5.41) is 9.75. The van der Waals surface area contributed by atoms with E-state index in [1.165, 1.54) is 6.07 Å². The monoisotopic (exact) mass is 329 g/mol. The highest BCUT2D eigenvalue weighted by Gasteiger charge is 2.16. The third kappa shape index (κ3) is 3.27. The van der Waals surface area contributed by atoms with Crippen LogP contribution in [0.2, 0.25) is 0 Å². The van der Waals surface area contributed by atoms with Crippen molar-refractivity contribution in [2.45, 2.75) is 13.8 Å². The highest BCUT2D eigenvalue weighted by molar-refractivity contribution is 6.06.